The summed E-state index contributed by atoms with van der Waals surface area (Å²) in [4.78, 5) is 4.39. The van der Waals surface area contributed by atoms with Gasteiger partial charge >= 0.3 is 0 Å². The Morgan fingerprint density at radius 3 is 3.00 bits per heavy atom. The SMILES string of the molecule is CN=C(NCCCc1cccc(Br)c1)NC1C2CCOC2C1(C)C. The monoisotopic (exact) mass is 393 g/mol. The van der Waals surface area contributed by atoms with E-state index in [0.717, 1.165) is 42.8 Å². The molecule has 1 aliphatic carbocycles. The fourth-order valence-electron chi connectivity index (χ4n) is 4.15. The third kappa shape index (κ3) is 3.62. The smallest absolute Gasteiger partial charge is 0.191 e. The molecule has 1 saturated heterocycles. The van der Waals surface area contributed by atoms with Gasteiger partial charge in [0.25, 0.3) is 0 Å². The number of aryl methyl sites for hydroxylation is 1. The van der Waals surface area contributed by atoms with Gasteiger partial charge in [0.1, 0.15) is 0 Å². The van der Waals surface area contributed by atoms with E-state index in [0.29, 0.717) is 18.1 Å². The Kier molecular flexibility index (Phi) is 5.50. The van der Waals surface area contributed by atoms with Crippen molar-refractivity contribution in [3.63, 3.8) is 0 Å². The summed E-state index contributed by atoms with van der Waals surface area (Å²) in [5.41, 5.74) is 1.54. The molecule has 5 heteroatoms. The van der Waals surface area contributed by atoms with Crippen LogP contribution in [0.3, 0.4) is 0 Å². The number of nitrogens with one attached hydrogen (secondary N) is 2. The summed E-state index contributed by atoms with van der Waals surface area (Å²) in [5.74, 6) is 1.54. The van der Waals surface area contributed by atoms with Crippen LogP contribution in [0.1, 0.15) is 32.3 Å². The zero-order chi connectivity index (χ0) is 17.2. The third-order valence-corrected chi connectivity index (χ3v) is 5.93. The van der Waals surface area contributed by atoms with Crippen molar-refractivity contribution < 1.29 is 4.74 Å². The molecule has 0 spiro atoms. The first-order valence-electron chi connectivity index (χ1n) is 8.85. The summed E-state index contributed by atoms with van der Waals surface area (Å²) >= 11 is 3.52. The van der Waals surface area contributed by atoms with Gasteiger partial charge in [-0.2, -0.15) is 0 Å². The Morgan fingerprint density at radius 1 is 1.42 bits per heavy atom. The molecule has 4 nitrogen and oxygen atoms in total. The van der Waals surface area contributed by atoms with Gasteiger partial charge in [-0.25, -0.2) is 0 Å². The Morgan fingerprint density at radius 2 is 2.25 bits per heavy atom. The lowest BCUT2D eigenvalue weighted by Crippen LogP contribution is -2.67. The summed E-state index contributed by atoms with van der Waals surface area (Å²) in [7, 11) is 1.85. The van der Waals surface area contributed by atoms with Crippen molar-refractivity contribution in [1.29, 1.82) is 0 Å². The maximum atomic E-state index is 5.87. The van der Waals surface area contributed by atoms with Crippen LogP contribution >= 0.6 is 15.9 Å². The van der Waals surface area contributed by atoms with Crippen molar-refractivity contribution in [1.82, 2.24) is 10.6 Å². The average Bonchev–Trinajstić information content (AvgIpc) is 3.01. The van der Waals surface area contributed by atoms with Crippen LogP contribution in [-0.4, -0.2) is 38.3 Å². The van der Waals surface area contributed by atoms with Gasteiger partial charge in [0.05, 0.1) is 6.10 Å². The van der Waals surface area contributed by atoms with Crippen LogP contribution in [0.15, 0.2) is 33.7 Å². The van der Waals surface area contributed by atoms with Crippen LogP contribution in [0.2, 0.25) is 0 Å². The molecule has 132 valence electrons. The minimum Gasteiger partial charge on any atom is -0.377 e. The van der Waals surface area contributed by atoms with Gasteiger partial charge in [-0.15, -0.1) is 0 Å². The molecule has 3 rings (SSSR count). The lowest BCUT2D eigenvalue weighted by Gasteiger charge is -2.54. The van der Waals surface area contributed by atoms with Crippen molar-refractivity contribution in [2.45, 2.75) is 45.3 Å². The number of nitrogens with zero attached hydrogens (tertiary/aromatic N) is 1. The molecule has 0 bridgehead atoms. The summed E-state index contributed by atoms with van der Waals surface area (Å²) < 4.78 is 7.01. The number of benzene rings is 1. The fourth-order valence-corrected chi connectivity index (χ4v) is 4.60. The number of hydrogen-bond donors (Lipinski definition) is 2. The number of hydrogen-bond acceptors (Lipinski definition) is 2. The van der Waals surface area contributed by atoms with Crippen LogP contribution in [0, 0.1) is 11.3 Å². The summed E-state index contributed by atoms with van der Waals surface area (Å²) in [5, 5.41) is 7.08. The molecule has 1 saturated carbocycles. The van der Waals surface area contributed by atoms with E-state index in [4.69, 9.17) is 4.74 Å². The second kappa shape index (κ2) is 7.44. The highest BCUT2D eigenvalue weighted by molar-refractivity contribution is 9.10. The van der Waals surface area contributed by atoms with Crippen molar-refractivity contribution >= 4 is 21.9 Å². The van der Waals surface area contributed by atoms with E-state index < -0.39 is 0 Å². The Hall–Kier alpha value is -1.07. The highest BCUT2D eigenvalue weighted by Crippen LogP contribution is 2.52. The zero-order valence-electron chi connectivity index (χ0n) is 14.8. The maximum absolute atomic E-state index is 5.87. The molecule has 24 heavy (non-hydrogen) atoms. The van der Waals surface area contributed by atoms with E-state index in [9.17, 15) is 0 Å². The van der Waals surface area contributed by atoms with Crippen LogP contribution in [0.5, 0.6) is 0 Å². The van der Waals surface area contributed by atoms with Gasteiger partial charge in [-0.3, -0.25) is 4.99 Å². The van der Waals surface area contributed by atoms with Gasteiger partial charge in [-0.05, 0) is 37.0 Å². The highest BCUT2D eigenvalue weighted by Gasteiger charge is 2.59. The normalized spacial score (nSPS) is 28.2. The van der Waals surface area contributed by atoms with E-state index in [1.807, 2.05) is 7.05 Å². The van der Waals surface area contributed by atoms with E-state index in [1.54, 1.807) is 0 Å². The zero-order valence-corrected chi connectivity index (χ0v) is 16.4. The Labute approximate surface area is 153 Å². The molecule has 1 heterocycles. The van der Waals surface area contributed by atoms with Gasteiger partial charge in [0.15, 0.2) is 5.96 Å². The lowest BCUT2D eigenvalue weighted by atomic mass is 9.57. The number of aliphatic imine (C=N–C) groups is 1. The van der Waals surface area contributed by atoms with E-state index >= 15 is 0 Å². The molecule has 0 aromatic heterocycles. The molecular weight excluding hydrogens is 366 g/mol. The van der Waals surface area contributed by atoms with Gasteiger partial charge in [0.2, 0.25) is 0 Å². The van der Waals surface area contributed by atoms with Gasteiger partial charge < -0.3 is 15.4 Å². The molecule has 3 atom stereocenters. The molecule has 3 unspecified atom stereocenters. The molecule has 0 amide bonds. The minimum atomic E-state index is 0.176. The molecule has 1 aromatic carbocycles. The van der Waals surface area contributed by atoms with Crippen molar-refractivity contribution in [2.75, 3.05) is 20.2 Å². The standard InChI is InChI=1S/C19H28BrN3O/c1-19(2)16(15-9-11-24-17(15)19)23-18(21-3)22-10-5-7-13-6-4-8-14(20)12-13/h4,6,8,12,15-17H,5,7,9-11H2,1-3H3,(H2,21,22,23). The third-order valence-electron chi connectivity index (χ3n) is 5.44. The first kappa shape index (κ1) is 17.7. The molecular formula is C19H28BrN3O. The van der Waals surface area contributed by atoms with Crippen molar-refractivity contribution in [2.24, 2.45) is 16.3 Å². The highest BCUT2D eigenvalue weighted by atomic mass is 79.9. The van der Waals surface area contributed by atoms with E-state index in [2.05, 4.69) is 69.7 Å². The van der Waals surface area contributed by atoms with Crippen LogP contribution < -0.4 is 10.6 Å². The summed E-state index contributed by atoms with van der Waals surface area (Å²) in [6.07, 6.45) is 3.72. The predicted octanol–water partition coefficient (Wildman–Crippen LogP) is 3.36. The second-order valence-corrected chi connectivity index (χ2v) is 8.34. The number of rotatable bonds is 5. The molecule has 1 aromatic rings. The second-order valence-electron chi connectivity index (χ2n) is 7.42. The largest absolute Gasteiger partial charge is 0.377 e. The van der Waals surface area contributed by atoms with Crippen LogP contribution in [-0.2, 0) is 11.2 Å². The number of halogens is 1. The molecule has 0 radical (unpaired) electrons. The van der Waals surface area contributed by atoms with Crippen LogP contribution in [0.4, 0.5) is 0 Å². The van der Waals surface area contributed by atoms with E-state index in [1.165, 1.54) is 5.56 Å². The molecule has 2 fully saturated rings. The molecule has 2 N–H and O–H groups in total. The number of fused-ring (bicyclic) bond motifs is 1. The first-order chi connectivity index (χ1) is 11.5. The van der Waals surface area contributed by atoms with Crippen molar-refractivity contribution in [3.05, 3.63) is 34.3 Å². The predicted molar refractivity (Wildman–Crippen MR) is 102 cm³/mol. The number of guanidine groups is 1. The fraction of sp³-hybridized carbons (Fsp3) is 0.632. The van der Waals surface area contributed by atoms with Gasteiger partial charge in [0, 0.05) is 42.0 Å². The van der Waals surface area contributed by atoms with Gasteiger partial charge in [-0.1, -0.05) is 41.9 Å². The summed E-state index contributed by atoms with van der Waals surface area (Å²) in [6, 6.07) is 8.96. The molecule has 2 aliphatic rings. The number of ether oxygens (including phenoxy) is 1. The quantitative estimate of drug-likeness (QED) is 0.457. The lowest BCUT2D eigenvalue weighted by molar-refractivity contribution is -0.106. The first-order valence-corrected chi connectivity index (χ1v) is 9.65. The Bertz CT molecular complexity index is 602. The van der Waals surface area contributed by atoms with E-state index in [-0.39, 0.29) is 5.41 Å². The van der Waals surface area contributed by atoms with Crippen molar-refractivity contribution in [3.8, 4) is 0 Å². The van der Waals surface area contributed by atoms with Crippen LogP contribution in [0.25, 0.3) is 0 Å². The minimum absolute atomic E-state index is 0.176. The Balaban J connectivity index is 1.44. The topological polar surface area (TPSA) is 45.7 Å². The average molecular weight is 394 g/mol. The summed E-state index contributed by atoms with van der Waals surface area (Å²) in [6.45, 7) is 6.40. The maximum Gasteiger partial charge on any atom is 0.191 e. The molecule has 1 aliphatic heterocycles.